The van der Waals surface area contributed by atoms with E-state index in [4.69, 9.17) is 0 Å². The molecular formula is C18H25N3O2S. The lowest BCUT2D eigenvalue weighted by atomic mass is 9.92. The molecule has 1 N–H and O–H groups in total. The van der Waals surface area contributed by atoms with Gasteiger partial charge >= 0.3 is 0 Å². The van der Waals surface area contributed by atoms with Crippen molar-refractivity contribution < 1.29 is 8.42 Å². The molecule has 1 aromatic carbocycles. The SMILES string of the molecule is Cc1nn(C)c(C)c1CCNS(=O)(=O)c1ccc2c(c1)CCCC2. The second kappa shape index (κ2) is 6.69. The van der Waals surface area contributed by atoms with Crippen LogP contribution in [0.5, 0.6) is 0 Å². The maximum atomic E-state index is 12.6. The Morgan fingerprint density at radius 3 is 2.54 bits per heavy atom. The maximum absolute atomic E-state index is 12.6. The lowest BCUT2D eigenvalue weighted by molar-refractivity contribution is 0.580. The van der Waals surface area contributed by atoms with Crippen molar-refractivity contribution in [1.82, 2.24) is 14.5 Å². The minimum Gasteiger partial charge on any atom is -0.272 e. The molecule has 6 heteroatoms. The van der Waals surface area contributed by atoms with Crippen LogP contribution in [0.4, 0.5) is 0 Å². The van der Waals surface area contributed by atoms with Crippen LogP contribution in [0.2, 0.25) is 0 Å². The van der Waals surface area contributed by atoms with Gasteiger partial charge in [0.2, 0.25) is 10.0 Å². The minimum absolute atomic E-state index is 0.378. The highest BCUT2D eigenvalue weighted by Gasteiger charge is 2.18. The molecule has 1 aliphatic carbocycles. The summed E-state index contributed by atoms with van der Waals surface area (Å²) < 4.78 is 29.7. The number of aryl methyl sites for hydroxylation is 4. The molecular weight excluding hydrogens is 322 g/mol. The fourth-order valence-corrected chi connectivity index (χ4v) is 4.53. The second-order valence-electron chi connectivity index (χ2n) is 6.56. The Balaban J connectivity index is 1.70. The average molecular weight is 347 g/mol. The van der Waals surface area contributed by atoms with E-state index < -0.39 is 10.0 Å². The van der Waals surface area contributed by atoms with E-state index in [9.17, 15) is 8.42 Å². The van der Waals surface area contributed by atoms with Gasteiger partial charge in [-0.1, -0.05) is 6.07 Å². The van der Waals surface area contributed by atoms with Gasteiger partial charge in [-0.25, -0.2) is 13.1 Å². The number of hydrogen-bond acceptors (Lipinski definition) is 3. The minimum atomic E-state index is -3.46. The van der Waals surface area contributed by atoms with Gasteiger partial charge in [-0.15, -0.1) is 0 Å². The van der Waals surface area contributed by atoms with E-state index in [-0.39, 0.29) is 0 Å². The van der Waals surface area contributed by atoms with Crippen molar-refractivity contribution in [3.8, 4) is 0 Å². The van der Waals surface area contributed by atoms with Crippen LogP contribution in [-0.2, 0) is 36.3 Å². The fraction of sp³-hybridized carbons (Fsp3) is 0.500. The first kappa shape index (κ1) is 17.2. The van der Waals surface area contributed by atoms with Crippen LogP contribution in [0, 0.1) is 13.8 Å². The number of aromatic nitrogens is 2. The highest BCUT2D eigenvalue weighted by atomic mass is 32.2. The molecule has 0 saturated carbocycles. The lowest BCUT2D eigenvalue weighted by Crippen LogP contribution is -2.26. The van der Waals surface area contributed by atoms with Gasteiger partial charge in [0.15, 0.2) is 0 Å². The molecule has 0 radical (unpaired) electrons. The van der Waals surface area contributed by atoms with E-state index in [2.05, 4.69) is 9.82 Å². The quantitative estimate of drug-likeness (QED) is 0.903. The fourth-order valence-electron chi connectivity index (χ4n) is 3.45. The molecule has 0 amide bonds. The molecule has 0 unspecified atom stereocenters. The number of sulfonamides is 1. The molecule has 0 spiro atoms. The Morgan fingerprint density at radius 1 is 1.17 bits per heavy atom. The predicted molar refractivity (Wildman–Crippen MR) is 94.7 cm³/mol. The summed E-state index contributed by atoms with van der Waals surface area (Å²) in [7, 11) is -1.55. The first-order valence-electron chi connectivity index (χ1n) is 8.49. The monoisotopic (exact) mass is 347 g/mol. The van der Waals surface area contributed by atoms with Gasteiger partial charge < -0.3 is 0 Å². The predicted octanol–water partition coefficient (Wildman–Crippen LogP) is 2.44. The number of nitrogens with one attached hydrogen (secondary N) is 1. The zero-order valence-electron chi connectivity index (χ0n) is 14.6. The summed E-state index contributed by atoms with van der Waals surface area (Å²) in [6.45, 7) is 4.35. The smallest absolute Gasteiger partial charge is 0.240 e. The van der Waals surface area contributed by atoms with Gasteiger partial charge in [-0.3, -0.25) is 4.68 Å². The second-order valence-corrected chi connectivity index (χ2v) is 8.33. The van der Waals surface area contributed by atoms with Gasteiger partial charge in [0.05, 0.1) is 10.6 Å². The van der Waals surface area contributed by atoms with Crippen LogP contribution >= 0.6 is 0 Å². The number of benzene rings is 1. The molecule has 2 aromatic rings. The van der Waals surface area contributed by atoms with Gasteiger partial charge in [0, 0.05) is 19.3 Å². The van der Waals surface area contributed by atoms with Crippen molar-refractivity contribution >= 4 is 10.0 Å². The van der Waals surface area contributed by atoms with Crippen molar-refractivity contribution in [3.05, 3.63) is 46.3 Å². The van der Waals surface area contributed by atoms with Gasteiger partial charge in [-0.05, 0) is 74.8 Å². The Kier molecular flexibility index (Phi) is 4.78. The molecule has 130 valence electrons. The van der Waals surface area contributed by atoms with Crippen LogP contribution < -0.4 is 4.72 Å². The summed E-state index contributed by atoms with van der Waals surface area (Å²) >= 11 is 0. The summed E-state index contributed by atoms with van der Waals surface area (Å²) in [4.78, 5) is 0.378. The van der Waals surface area contributed by atoms with E-state index in [1.54, 1.807) is 6.07 Å². The molecule has 1 aromatic heterocycles. The summed E-state index contributed by atoms with van der Waals surface area (Å²) in [6, 6.07) is 5.54. The molecule has 0 atom stereocenters. The number of nitrogens with zero attached hydrogens (tertiary/aromatic N) is 2. The highest BCUT2D eigenvalue weighted by molar-refractivity contribution is 7.89. The van der Waals surface area contributed by atoms with E-state index in [0.717, 1.165) is 36.2 Å². The van der Waals surface area contributed by atoms with Crippen molar-refractivity contribution in [2.75, 3.05) is 6.54 Å². The molecule has 0 bridgehead atoms. The number of fused-ring (bicyclic) bond motifs is 1. The Morgan fingerprint density at radius 2 is 1.88 bits per heavy atom. The van der Waals surface area contributed by atoms with Crippen molar-refractivity contribution in [2.45, 2.75) is 50.8 Å². The lowest BCUT2D eigenvalue weighted by Gasteiger charge is -2.16. The molecule has 0 fully saturated rings. The Hall–Kier alpha value is -1.66. The standard InChI is InChI=1S/C18H25N3O2S/c1-13-18(14(2)21(3)20-13)10-11-19-24(22,23)17-9-8-15-6-4-5-7-16(15)12-17/h8-9,12,19H,4-7,10-11H2,1-3H3. The largest absolute Gasteiger partial charge is 0.272 e. The molecule has 0 saturated heterocycles. The van der Waals surface area contributed by atoms with Crippen molar-refractivity contribution in [3.63, 3.8) is 0 Å². The Labute approximate surface area is 144 Å². The number of hydrogen-bond donors (Lipinski definition) is 1. The van der Waals surface area contributed by atoms with Crippen LogP contribution in [0.15, 0.2) is 23.1 Å². The summed E-state index contributed by atoms with van der Waals surface area (Å²) in [6.07, 6.45) is 5.02. The van der Waals surface area contributed by atoms with Crippen LogP contribution in [0.25, 0.3) is 0 Å². The Bertz CT molecular complexity index is 853. The van der Waals surface area contributed by atoms with E-state index in [1.165, 1.54) is 17.5 Å². The van der Waals surface area contributed by atoms with E-state index in [0.29, 0.717) is 17.9 Å². The summed E-state index contributed by atoms with van der Waals surface area (Å²) in [5.41, 5.74) is 5.64. The maximum Gasteiger partial charge on any atom is 0.240 e. The van der Waals surface area contributed by atoms with Crippen molar-refractivity contribution in [1.29, 1.82) is 0 Å². The zero-order chi connectivity index (χ0) is 17.3. The van der Waals surface area contributed by atoms with Crippen LogP contribution in [-0.4, -0.2) is 24.7 Å². The molecule has 1 aliphatic rings. The molecule has 0 aliphatic heterocycles. The summed E-state index contributed by atoms with van der Waals surface area (Å²) in [5.74, 6) is 0. The van der Waals surface area contributed by atoms with Gasteiger partial charge in [-0.2, -0.15) is 5.10 Å². The first-order chi connectivity index (χ1) is 11.4. The molecule has 5 nitrogen and oxygen atoms in total. The van der Waals surface area contributed by atoms with Gasteiger partial charge in [0.25, 0.3) is 0 Å². The van der Waals surface area contributed by atoms with Crippen molar-refractivity contribution in [2.24, 2.45) is 7.05 Å². The summed E-state index contributed by atoms with van der Waals surface area (Å²) in [5, 5.41) is 4.37. The van der Waals surface area contributed by atoms with E-state index >= 15 is 0 Å². The number of rotatable bonds is 5. The van der Waals surface area contributed by atoms with Crippen LogP contribution in [0.3, 0.4) is 0 Å². The molecule has 24 heavy (non-hydrogen) atoms. The highest BCUT2D eigenvalue weighted by Crippen LogP contribution is 2.24. The third kappa shape index (κ3) is 3.39. The third-order valence-corrected chi connectivity index (χ3v) is 6.41. The van der Waals surface area contributed by atoms with E-state index in [1.807, 2.05) is 37.7 Å². The topological polar surface area (TPSA) is 64.0 Å². The first-order valence-corrected chi connectivity index (χ1v) is 9.97. The zero-order valence-corrected chi connectivity index (χ0v) is 15.4. The molecule has 3 rings (SSSR count). The average Bonchev–Trinajstić information content (AvgIpc) is 2.80. The van der Waals surface area contributed by atoms with Gasteiger partial charge in [0.1, 0.15) is 0 Å². The molecule has 1 heterocycles. The van der Waals surface area contributed by atoms with Crippen LogP contribution in [0.1, 0.15) is 40.9 Å². The normalized spacial score (nSPS) is 14.6. The third-order valence-electron chi connectivity index (χ3n) is 4.96.